The van der Waals surface area contributed by atoms with Gasteiger partial charge in [-0.05, 0) is 18.9 Å². The summed E-state index contributed by atoms with van der Waals surface area (Å²) in [6, 6.07) is 0. The molecule has 46 valence electrons. The van der Waals surface area contributed by atoms with Gasteiger partial charge in [0.1, 0.15) is 0 Å². The minimum atomic E-state index is 1.08. The van der Waals surface area contributed by atoms with Gasteiger partial charge in [-0.15, -0.1) is 0 Å². The third-order valence-corrected chi connectivity index (χ3v) is 1.07. The van der Waals surface area contributed by atoms with Crippen molar-refractivity contribution in [1.29, 1.82) is 0 Å². The van der Waals surface area contributed by atoms with Crippen LogP contribution in [0, 0.1) is 0 Å². The number of allylic oxidation sites excluding steroid dienone is 2. The molecule has 0 spiro atoms. The van der Waals surface area contributed by atoms with E-state index < -0.39 is 0 Å². The first-order valence-electron chi connectivity index (χ1n) is 2.92. The Bertz CT molecular complexity index is 98.2. The molecule has 1 heteroatoms. The zero-order valence-corrected chi connectivity index (χ0v) is 5.81. The fraction of sp³-hybridized carbons (Fsp3) is 0.571. The smallest absolute Gasteiger partial charge is 0.0277 e. The van der Waals surface area contributed by atoms with Gasteiger partial charge in [0.25, 0.3) is 0 Å². The highest BCUT2D eigenvalue weighted by Crippen LogP contribution is 1.93. The molecule has 0 radical (unpaired) electrons. The molecule has 0 aromatic rings. The second kappa shape index (κ2) is 4.57. The Kier molecular flexibility index (Phi) is 4.23. The average Bonchev–Trinajstić information content (AvgIpc) is 1.83. The Morgan fingerprint density at radius 2 is 2.25 bits per heavy atom. The van der Waals surface area contributed by atoms with Crippen LogP contribution in [-0.4, -0.2) is 13.3 Å². The topological polar surface area (TPSA) is 12.4 Å². The van der Waals surface area contributed by atoms with Gasteiger partial charge in [0.15, 0.2) is 0 Å². The van der Waals surface area contributed by atoms with Crippen molar-refractivity contribution >= 4 is 6.21 Å². The maximum atomic E-state index is 3.88. The van der Waals surface area contributed by atoms with Gasteiger partial charge in [0.2, 0.25) is 0 Å². The van der Waals surface area contributed by atoms with E-state index in [9.17, 15) is 0 Å². The Hall–Kier alpha value is -0.590. The van der Waals surface area contributed by atoms with E-state index in [1.54, 1.807) is 7.05 Å². The zero-order valence-electron chi connectivity index (χ0n) is 5.81. The second-order valence-corrected chi connectivity index (χ2v) is 1.60. The Morgan fingerprint density at radius 3 is 2.38 bits per heavy atom. The minimum Gasteiger partial charge on any atom is -0.296 e. The number of aliphatic imine (C=N–C) groups is 1. The predicted octanol–water partition coefficient (Wildman–Crippen LogP) is 2.04. The van der Waals surface area contributed by atoms with Crippen molar-refractivity contribution in [2.24, 2.45) is 4.99 Å². The average molecular weight is 111 g/mol. The summed E-state index contributed by atoms with van der Waals surface area (Å²) in [5, 5.41) is 0. The van der Waals surface area contributed by atoms with E-state index >= 15 is 0 Å². The van der Waals surface area contributed by atoms with Crippen LogP contribution in [0.4, 0.5) is 0 Å². The highest BCUT2D eigenvalue weighted by atomic mass is 14.6. The van der Waals surface area contributed by atoms with Crippen LogP contribution in [0.3, 0.4) is 0 Å². The number of rotatable bonds is 2. The van der Waals surface area contributed by atoms with E-state index in [0.29, 0.717) is 0 Å². The van der Waals surface area contributed by atoms with E-state index in [-0.39, 0.29) is 0 Å². The van der Waals surface area contributed by atoms with Crippen molar-refractivity contribution in [3.05, 3.63) is 11.6 Å². The van der Waals surface area contributed by atoms with Crippen molar-refractivity contribution in [2.45, 2.75) is 20.3 Å². The van der Waals surface area contributed by atoms with E-state index in [1.165, 1.54) is 5.57 Å². The molecule has 0 saturated heterocycles. The molecule has 0 fully saturated rings. The van der Waals surface area contributed by atoms with E-state index in [4.69, 9.17) is 0 Å². The number of hydrogen-bond acceptors (Lipinski definition) is 1. The van der Waals surface area contributed by atoms with Crippen molar-refractivity contribution in [3.63, 3.8) is 0 Å². The molecule has 0 amide bonds. The summed E-state index contributed by atoms with van der Waals surface area (Å²) >= 11 is 0. The number of nitrogens with zero attached hydrogens (tertiary/aromatic N) is 1. The third-order valence-electron chi connectivity index (χ3n) is 1.07. The maximum absolute atomic E-state index is 3.88. The highest BCUT2D eigenvalue weighted by molar-refractivity contribution is 5.77. The van der Waals surface area contributed by atoms with Crippen molar-refractivity contribution in [2.75, 3.05) is 7.05 Å². The SMILES string of the molecule is C/C=C(\C=NC)CC. The van der Waals surface area contributed by atoms with Gasteiger partial charge in [-0.3, -0.25) is 4.99 Å². The third kappa shape index (κ3) is 2.56. The van der Waals surface area contributed by atoms with Gasteiger partial charge in [-0.25, -0.2) is 0 Å². The summed E-state index contributed by atoms with van der Waals surface area (Å²) in [6.07, 6.45) is 5.04. The molecule has 0 unspecified atom stereocenters. The molecular formula is C7H13N. The molecule has 0 atom stereocenters. The lowest BCUT2D eigenvalue weighted by molar-refractivity contribution is 1.17. The summed E-state index contributed by atoms with van der Waals surface area (Å²) < 4.78 is 0. The largest absolute Gasteiger partial charge is 0.296 e. The number of hydrogen-bond donors (Lipinski definition) is 0. The van der Waals surface area contributed by atoms with Crippen LogP contribution < -0.4 is 0 Å². The van der Waals surface area contributed by atoms with Crippen molar-refractivity contribution < 1.29 is 0 Å². The summed E-state index contributed by atoms with van der Waals surface area (Å²) in [5.74, 6) is 0. The van der Waals surface area contributed by atoms with Gasteiger partial charge >= 0.3 is 0 Å². The van der Waals surface area contributed by atoms with Crippen LogP contribution >= 0.6 is 0 Å². The molecule has 0 bridgehead atoms. The molecule has 0 aliphatic carbocycles. The lowest BCUT2D eigenvalue weighted by Crippen LogP contribution is -1.79. The first kappa shape index (κ1) is 7.41. The Labute approximate surface area is 51.1 Å². The molecule has 8 heavy (non-hydrogen) atoms. The van der Waals surface area contributed by atoms with Gasteiger partial charge in [-0.1, -0.05) is 13.0 Å². The van der Waals surface area contributed by atoms with Crippen LogP contribution in [0.15, 0.2) is 16.6 Å². The second-order valence-electron chi connectivity index (χ2n) is 1.60. The molecule has 0 N–H and O–H groups in total. The van der Waals surface area contributed by atoms with Gasteiger partial charge in [0, 0.05) is 13.3 Å². The van der Waals surface area contributed by atoms with Crippen LogP contribution in [0.5, 0.6) is 0 Å². The van der Waals surface area contributed by atoms with Crippen LogP contribution in [0.1, 0.15) is 20.3 Å². The van der Waals surface area contributed by atoms with Crippen molar-refractivity contribution in [1.82, 2.24) is 0 Å². The molecule has 0 heterocycles. The normalized spacial score (nSPS) is 13.1. The summed E-state index contributed by atoms with van der Waals surface area (Å²) in [6.45, 7) is 4.15. The van der Waals surface area contributed by atoms with E-state index in [1.807, 2.05) is 13.1 Å². The molecule has 0 saturated carbocycles. The molecule has 1 nitrogen and oxygen atoms in total. The van der Waals surface area contributed by atoms with Gasteiger partial charge in [0.05, 0.1) is 0 Å². The first-order valence-corrected chi connectivity index (χ1v) is 2.92. The van der Waals surface area contributed by atoms with Crippen LogP contribution in [0.2, 0.25) is 0 Å². The first-order chi connectivity index (χ1) is 3.85. The van der Waals surface area contributed by atoms with Crippen LogP contribution in [0.25, 0.3) is 0 Å². The monoisotopic (exact) mass is 111 g/mol. The van der Waals surface area contributed by atoms with Gasteiger partial charge < -0.3 is 0 Å². The summed E-state index contributed by atoms with van der Waals surface area (Å²) in [5.41, 5.74) is 1.30. The standard InChI is InChI=1S/C7H13N/c1-4-7(5-2)6-8-3/h4,6H,5H2,1-3H3/b7-4-,8-6?. The molecule has 0 aliphatic heterocycles. The quantitative estimate of drug-likeness (QED) is 0.483. The Balaban J connectivity index is 3.72. The molecule has 0 aromatic heterocycles. The Morgan fingerprint density at radius 1 is 1.62 bits per heavy atom. The fourth-order valence-corrected chi connectivity index (χ4v) is 0.536. The minimum absolute atomic E-state index is 1.08. The zero-order chi connectivity index (χ0) is 6.41. The molecule has 0 aromatic carbocycles. The van der Waals surface area contributed by atoms with Gasteiger partial charge in [-0.2, -0.15) is 0 Å². The summed E-state index contributed by atoms with van der Waals surface area (Å²) in [4.78, 5) is 3.88. The highest BCUT2D eigenvalue weighted by Gasteiger charge is 1.80. The summed E-state index contributed by atoms with van der Waals surface area (Å²) in [7, 11) is 1.79. The maximum Gasteiger partial charge on any atom is 0.0277 e. The lowest BCUT2D eigenvalue weighted by Gasteiger charge is -1.89. The van der Waals surface area contributed by atoms with Crippen LogP contribution in [-0.2, 0) is 0 Å². The van der Waals surface area contributed by atoms with Crippen molar-refractivity contribution in [3.8, 4) is 0 Å². The predicted molar refractivity (Wildman–Crippen MR) is 38.5 cm³/mol. The molecule has 0 aliphatic rings. The lowest BCUT2D eigenvalue weighted by atomic mass is 10.2. The van der Waals surface area contributed by atoms with E-state index in [2.05, 4.69) is 18.0 Å². The fourth-order valence-electron chi connectivity index (χ4n) is 0.536. The van der Waals surface area contributed by atoms with E-state index in [0.717, 1.165) is 6.42 Å². The molecule has 0 rings (SSSR count). The molecular weight excluding hydrogens is 98.1 g/mol.